The Bertz CT molecular complexity index is 999. The van der Waals surface area contributed by atoms with Crippen LogP contribution in [0.25, 0.3) is 5.52 Å². The van der Waals surface area contributed by atoms with E-state index in [0.29, 0.717) is 18.2 Å². The molecule has 3 aromatic rings. The molecule has 1 unspecified atom stereocenters. The molecule has 1 atom stereocenters. The lowest BCUT2D eigenvalue weighted by molar-refractivity contribution is 0.0516. The zero-order valence-corrected chi connectivity index (χ0v) is 18.2. The summed E-state index contributed by atoms with van der Waals surface area (Å²) in [6.45, 7) is 0. The van der Waals surface area contributed by atoms with Crippen molar-refractivity contribution in [2.45, 2.75) is 44.1 Å². The monoisotopic (exact) mass is 505 g/mol. The van der Waals surface area contributed by atoms with Gasteiger partial charge in [-0.1, -0.05) is 30.3 Å². The molecule has 0 aliphatic heterocycles. The topological polar surface area (TPSA) is 109 Å². The fraction of sp³-hybridized carbons (Fsp3) is 0.381. The smallest absolute Gasteiger partial charge is 0.404 e. The first-order valence-electron chi connectivity index (χ1n) is 9.81. The van der Waals surface area contributed by atoms with Crippen LogP contribution in [0.3, 0.4) is 0 Å². The van der Waals surface area contributed by atoms with E-state index < -0.39 is 6.09 Å². The van der Waals surface area contributed by atoms with Crippen molar-refractivity contribution in [1.82, 2.24) is 14.4 Å². The van der Waals surface area contributed by atoms with Crippen molar-refractivity contribution >= 4 is 40.0 Å². The average molecular weight is 505 g/mol. The quantitative estimate of drug-likeness (QED) is 0.512. The molecule has 2 heterocycles. The van der Waals surface area contributed by atoms with Gasteiger partial charge < -0.3 is 16.2 Å². The van der Waals surface area contributed by atoms with Crippen molar-refractivity contribution in [3.63, 3.8) is 0 Å². The van der Waals surface area contributed by atoms with Crippen molar-refractivity contribution in [2.24, 2.45) is 11.7 Å². The van der Waals surface area contributed by atoms with Gasteiger partial charge in [0.2, 0.25) is 0 Å². The second kappa shape index (κ2) is 8.56. The summed E-state index contributed by atoms with van der Waals surface area (Å²) in [5.41, 5.74) is 13.4. The number of nitrogens with zero attached hydrogens (tertiary/aromatic N) is 3. The lowest BCUT2D eigenvalue weighted by Crippen LogP contribution is -2.33. The highest BCUT2D eigenvalue weighted by atomic mass is 127. The molecule has 4 N–H and O–H groups in total. The number of carbonyl (C=O) groups excluding carboxylic acids is 1. The van der Waals surface area contributed by atoms with Crippen molar-refractivity contribution in [1.29, 1.82) is 0 Å². The van der Waals surface area contributed by atoms with Gasteiger partial charge in [0.1, 0.15) is 21.1 Å². The molecule has 1 fully saturated rings. The Labute approximate surface area is 183 Å². The maximum Gasteiger partial charge on any atom is 0.404 e. The first kappa shape index (κ1) is 19.9. The highest BCUT2D eigenvalue weighted by Gasteiger charge is 2.32. The number of primary amides is 1. The van der Waals surface area contributed by atoms with Gasteiger partial charge >= 0.3 is 6.09 Å². The van der Waals surface area contributed by atoms with Crippen molar-refractivity contribution < 1.29 is 9.53 Å². The predicted octanol–water partition coefficient (Wildman–Crippen LogP) is 3.90. The summed E-state index contributed by atoms with van der Waals surface area (Å²) < 4.78 is 8.46. The predicted molar refractivity (Wildman–Crippen MR) is 119 cm³/mol. The Balaban J connectivity index is 1.49. The molecular formula is C21H24IN5O2. The molecule has 0 bridgehead atoms. The number of benzene rings is 1. The number of anilines is 1. The van der Waals surface area contributed by atoms with E-state index in [-0.39, 0.29) is 12.0 Å². The van der Waals surface area contributed by atoms with Crippen LogP contribution in [-0.2, 0) is 11.2 Å². The molecule has 4 rings (SSSR count). The second-order valence-corrected chi connectivity index (χ2v) is 8.59. The molecule has 1 aromatic carbocycles. The molecule has 8 heteroatoms. The molecule has 2 aromatic heterocycles. The van der Waals surface area contributed by atoms with Gasteiger partial charge in [-0.15, -0.1) is 0 Å². The summed E-state index contributed by atoms with van der Waals surface area (Å²) in [4.78, 5) is 20.4. The number of halogens is 1. The minimum absolute atomic E-state index is 0.201. The minimum atomic E-state index is -0.704. The molecular weight excluding hydrogens is 481 g/mol. The van der Waals surface area contributed by atoms with Crippen LogP contribution < -0.4 is 11.5 Å². The van der Waals surface area contributed by atoms with Gasteiger partial charge in [-0.25, -0.2) is 14.8 Å². The summed E-state index contributed by atoms with van der Waals surface area (Å²) in [7, 11) is 0. The molecule has 0 saturated heterocycles. The van der Waals surface area contributed by atoms with Gasteiger partial charge in [0.05, 0.1) is 0 Å². The Hall–Kier alpha value is -2.36. The Morgan fingerprint density at radius 3 is 2.66 bits per heavy atom. The molecule has 152 valence electrons. The van der Waals surface area contributed by atoms with Gasteiger partial charge in [0, 0.05) is 24.7 Å². The number of imidazole rings is 1. The third-order valence-electron chi connectivity index (χ3n) is 5.78. The van der Waals surface area contributed by atoms with E-state index in [1.54, 1.807) is 6.20 Å². The van der Waals surface area contributed by atoms with E-state index in [0.717, 1.165) is 46.3 Å². The van der Waals surface area contributed by atoms with Crippen LogP contribution in [0.15, 0.2) is 42.7 Å². The summed E-state index contributed by atoms with van der Waals surface area (Å²) in [5, 5.41) is 0. The molecule has 29 heavy (non-hydrogen) atoms. The van der Waals surface area contributed by atoms with Gasteiger partial charge in [0.25, 0.3) is 0 Å². The number of rotatable bonds is 5. The van der Waals surface area contributed by atoms with E-state index in [4.69, 9.17) is 21.2 Å². The van der Waals surface area contributed by atoms with E-state index >= 15 is 0 Å². The van der Waals surface area contributed by atoms with Crippen molar-refractivity contribution in [3.05, 3.63) is 57.8 Å². The van der Waals surface area contributed by atoms with Crippen molar-refractivity contribution in [3.8, 4) is 0 Å². The summed E-state index contributed by atoms with van der Waals surface area (Å²) in [6, 6.07) is 10.1. The molecule has 1 aliphatic carbocycles. The maximum atomic E-state index is 11.5. The molecule has 1 amide bonds. The van der Waals surface area contributed by atoms with Crippen LogP contribution in [0.4, 0.5) is 10.6 Å². The van der Waals surface area contributed by atoms with Crippen LogP contribution in [0.5, 0.6) is 0 Å². The summed E-state index contributed by atoms with van der Waals surface area (Å²) in [6.07, 6.45) is 7.31. The van der Waals surface area contributed by atoms with Gasteiger partial charge in [-0.3, -0.25) is 4.40 Å². The lowest BCUT2D eigenvalue weighted by atomic mass is 9.77. The maximum absolute atomic E-state index is 11.5. The Morgan fingerprint density at radius 1 is 1.24 bits per heavy atom. The molecule has 7 nitrogen and oxygen atoms in total. The molecule has 0 radical (unpaired) electrons. The highest BCUT2D eigenvalue weighted by Crippen LogP contribution is 2.39. The van der Waals surface area contributed by atoms with Crippen LogP contribution >= 0.6 is 22.6 Å². The lowest BCUT2D eigenvalue weighted by Gasteiger charge is -2.33. The fourth-order valence-electron chi connectivity index (χ4n) is 4.38. The number of nitrogen functional groups attached to an aromatic ring is 1. The SMILES string of the molecule is NC(=O)OC(Cc1ccccc1)[C@H]1CC[C@H](c2nc(I)c3c(N)nccn32)CC1. The van der Waals surface area contributed by atoms with E-state index in [1.165, 1.54) is 0 Å². The summed E-state index contributed by atoms with van der Waals surface area (Å²) >= 11 is 2.22. The first-order valence-corrected chi connectivity index (χ1v) is 10.9. The van der Waals surface area contributed by atoms with Gasteiger partial charge in [0.15, 0.2) is 5.82 Å². The third kappa shape index (κ3) is 4.31. The van der Waals surface area contributed by atoms with Gasteiger partial charge in [-0.2, -0.15) is 0 Å². The molecule has 0 spiro atoms. The number of hydrogen-bond acceptors (Lipinski definition) is 5. The van der Waals surface area contributed by atoms with Crippen LogP contribution in [0, 0.1) is 9.62 Å². The van der Waals surface area contributed by atoms with Crippen LogP contribution in [-0.4, -0.2) is 26.6 Å². The largest absolute Gasteiger partial charge is 0.446 e. The number of ether oxygens (including phenoxy) is 1. The third-order valence-corrected chi connectivity index (χ3v) is 6.53. The first-order chi connectivity index (χ1) is 14.0. The molecule has 1 aliphatic rings. The molecule has 1 saturated carbocycles. The normalized spacial score (nSPS) is 20.4. The van der Waals surface area contributed by atoms with E-state index in [1.807, 2.05) is 24.4 Å². The van der Waals surface area contributed by atoms with E-state index in [2.05, 4.69) is 44.1 Å². The van der Waals surface area contributed by atoms with E-state index in [9.17, 15) is 4.79 Å². The highest BCUT2D eigenvalue weighted by molar-refractivity contribution is 14.1. The number of amides is 1. The second-order valence-electron chi connectivity index (χ2n) is 7.57. The van der Waals surface area contributed by atoms with Crippen molar-refractivity contribution in [2.75, 3.05) is 5.73 Å². The Morgan fingerprint density at radius 2 is 1.97 bits per heavy atom. The minimum Gasteiger partial charge on any atom is -0.446 e. The fourth-order valence-corrected chi connectivity index (χ4v) is 5.16. The van der Waals surface area contributed by atoms with Gasteiger partial charge in [-0.05, 0) is 59.8 Å². The van der Waals surface area contributed by atoms with Crippen LogP contribution in [0.2, 0.25) is 0 Å². The zero-order valence-electron chi connectivity index (χ0n) is 16.0. The summed E-state index contributed by atoms with van der Waals surface area (Å²) in [5.74, 6) is 2.17. The number of carbonyl (C=O) groups is 1. The van der Waals surface area contributed by atoms with Crippen LogP contribution in [0.1, 0.15) is 43.0 Å². The standard InChI is InChI=1S/C21H24IN5O2/c22-18-17-19(23)25-10-11-27(17)20(26-18)15-8-6-14(7-9-15)16(29-21(24)28)12-13-4-2-1-3-5-13/h1-5,10-11,14-16H,6-9,12H2,(H2,23,25)(H2,24,28)/t14-,15-,16?. The Kier molecular flexibility index (Phi) is 5.89. The average Bonchev–Trinajstić information content (AvgIpc) is 3.06. The number of nitrogens with two attached hydrogens (primary N) is 2. The number of aromatic nitrogens is 3. The number of hydrogen-bond donors (Lipinski definition) is 2. The zero-order chi connectivity index (χ0) is 20.4. The number of fused-ring (bicyclic) bond motifs is 1.